The number of Topliss-reactive ketones (excluding diaryl/α,β-unsaturated/α-hetero) is 1. The molecule has 1 heterocycles. The van der Waals surface area contributed by atoms with Crippen molar-refractivity contribution < 1.29 is 14.3 Å². The standard InChI is InChI=1S/C22H27BrO3.C3H8/c1-5-15(3)20(8-7-11-23)19(6-2)22(24)17-12-16-13-18(25-4)9-10-21(16)26-14-17;1-3-2/h6-10,13,17H,5,11-12,14H2,1-4H3;3H2,1-2H3/b8-7-,19-6+,20-15-;. The third-order valence-electron chi connectivity index (χ3n) is 4.75. The first-order chi connectivity index (χ1) is 14.0. The molecule has 4 heteroatoms. The van der Waals surface area contributed by atoms with E-state index in [4.69, 9.17) is 9.47 Å². The number of benzene rings is 1. The van der Waals surface area contributed by atoms with E-state index in [-0.39, 0.29) is 11.7 Å². The molecule has 0 saturated heterocycles. The number of alkyl halides is 1. The van der Waals surface area contributed by atoms with E-state index in [1.807, 2.05) is 43.4 Å². The summed E-state index contributed by atoms with van der Waals surface area (Å²) in [4.78, 5) is 13.3. The normalized spacial score (nSPS) is 16.9. The molecule has 1 unspecified atom stereocenters. The van der Waals surface area contributed by atoms with Crippen molar-refractivity contribution in [1.29, 1.82) is 0 Å². The van der Waals surface area contributed by atoms with Crippen molar-refractivity contribution in [1.82, 2.24) is 0 Å². The van der Waals surface area contributed by atoms with Crippen molar-refractivity contribution in [3.63, 3.8) is 0 Å². The van der Waals surface area contributed by atoms with Crippen molar-refractivity contribution in [2.24, 2.45) is 5.92 Å². The second kappa shape index (κ2) is 13.4. The van der Waals surface area contributed by atoms with E-state index in [2.05, 4.69) is 43.6 Å². The minimum Gasteiger partial charge on any atom is -0.497 e. The van der Waals surface area contributed by atoms with Gasteiger partial charge in [0.2, 0.25) is 0 Å². The van der Waals surface area contributed by atoms with Crippen LogP contribution >= 0.6 is 15.9 Å². The van der Waals surface area contributed by atoms with E-state index in [1.54, 1.807) is 7.11 Å². The average molecular weight is 463 g/mol. The van der Waals surface area contributed by atoms with E-state index in [0.717, 1.165) is 40.0 Å². The predicted octanol–water partition coefficient (Wildman–Crippen LogP) is 6.86. The number of allylic oxidation sites excluding steroid dienone is 6. The fourth-order valence-electron chi connectivity index (χ4n) is 3.13. The molecule has 0 radical (unpaired) electrons. The van der Waals surface area contributed by atoms with Gasteiger partial charge in [-0.1, -0.05) is 66.9 Å². The van der Waals surface area contributed by atoms with Crippen molar-refractivity contribution in [3.05, 3.63) is 58.7 Å². The van der Waals surface area contributed by atoms with E-state index in [1.165, 1.54) is 12.0 Å². The van der Waals surface area contributed by atoms with Crippen LogP contribution in [0, 0.1) is 5.92 Å². The second-order valence-electron chi connectivity index (χ2n) is 7.06. The highest BCUT2D eigenvalue weighted by molar-refractivity contribution is 9.09. The van der Waals surface area contributed by atoms with Crippen LogP contribution in [-0.4, -0.2) is 24.8 Å². The van der Waals surface area contributed by atoms with Crippen LogP contribution in [0.4, 0.5) is 0 Å². The molecule has 2 rings (SSSR count). The van der Waals surface area contributed by atoms with Gasteiger partial charge in [0.25, 0.3) is 0 Å². The Morgan fingerprint density at radius 1 is 1.31 bits per heavy atom. The molecule has 0 amide bonds. The Morgan fingerprint density at radius 3 is 2.55 bits per heavy atom. The van der Waals surface area contributed by atoms with Crippen molar-refractivity contribution in [2.75, 3.05) is 19.0 Å². The predicted molar refractivity (Wildman–Crippen MR) is 126 cm³/mol. The van der Waals surface area contributed by atoms with Crippen LogP contribution in [0.5, 0.6) is 11.5 Å². The lowest BCUT2D eigenvalue weighted by molar-refractivity contribution is -0.120. The van der Waals surface area contributed by atoms with Crippen LogP contribution in [-0.2, 0) is 11.2 Å². The van der Waals surface area contributed by atoms with Gasteiger partial charge in [-0.15, -0.1) is 0 Å². The van der Waals surface area contributed by atoms with E-state index in [0.29, 0.717) is 13.0 Å². The topological polar surface area (TPSA) is 35.5 Å². The molecule has 29 heavy (non-hydrogen) atoms. The lowest BCUT2D eigenvalue weighted by Gasteiger charge is -2.26. The third kappa shape index (κ3) is 7.18. The van der Waals surface area contributed by atoms with Crippen molar-refractivity contribution in [3.8, 4) is 11.5 Å². The molecule has 1 aliphatic rings. The maximum atomic E-state index is 13.3. The van der Waals surface area contributed by atoms with Gasteiger partial charge < -0.3 is 9.47 Å². The summed E-state index contributed by atoms with van der Waals surface area (Å²) >= 11 is 3.42. The third-order valence-corrected chi connectivity index (χ3v) is 5.13. The summed E-state index contributed by atoms with van der Waals surface area (Å²) in [6.07, 6.45) is 8.83. The number of fused-ring (bicyclic) bond motifs is 1. The molecule has 160 valence electrons. The Morgan fingerprint density at radius 2 is 2.00 bits per heavy atom. The summed E-state index contributed by atoms with van der Waals surface area (Å²) in [7, 11) is 1.65. The summed E-state index contributed by atoms with van der Waals surface area (Å²) in [6, 6.07) is 5.76. The highest BCUT2D eigenvalue weighted by Crippen LogP contribution is 2.33. The first kappa shape index (κ1) is 25.2. The summed E-state index contributed by atoms with van der Waals surface area (Å²) in [5, 5.41) is 0.762. The van der Waals surface area contributed by atoms with Gasteiger partial charge in [-0.2, -0.15) is 0 Å². The Hall–Kier alpha value is -1.81. The van der Waals surface area contributed by atoms with Gasteiger partial charge in [-0.05, 0) is 56.0 Å². The Balaban J connectivity index is 0.00000132. The van der Waals surface area contributed by atoms with Gasteiger partial charge in [0.15, 0.2) is 5.78 Å². The number of carbonyl (C=O) groups is 1. The molecule has 1 aliphatic heterocycles. The molecule has 0 fully saturated rings. The van der Waals surface area contributed by atoms with E-state index in [9.17, 15) is 4.79 Å². The summed E-state index contributed by atoms with van der Waals surface area (Å²) in [5.41, 5.74) is 4.04. The Kier molecular flexibility index (Phi) is 11.7. The molecule has 1 aromatic carbocycles. The van der Waals surface area contributed by atoms with E-state index < -0.39 is 0 Å². The van der Waals surface area contributed by atoms with Gasteiger partial charge in [0.05, 0.1) is 19.6 Å². The molecule has 0 saturated carbocycles. The minimum atomic E-state index is -0.183. The van der Waals surface area contributed by atoms with Crippen LogP contribution in [0.1, 0.15) is 53.0 Å². The van der Waals surface area contributed by atoms with Crippen molar-refractivity contribution in [2.45, 2.75) is 53.9 Å². The molecule has 3 nitrogen and oxygen atoms in total. The summed E-state index contributed by atoms with van der Waals surface area (Å²) in [5.74, 6) is 1.59. The first-order valence-corrected chi connectivity index (χ1v) is 11.5. The van der Waals surface area contributed by atoms with Gasteiger partial charge in [0.1, 0.15) is 11.5 Å². The molecular weight excluding hydrogens is 428 g/mol. The zero-order chi connectivity index (χ0) is 21.8. The zero-order valence-electron chi connectivity index (χ0n) is 18.7. The summed E-state index contributed by atoms with van der Waals surface area (Å²) in [6.45, 7) is 10.8. The molecule has 0 N–H and O–H groups in total. The van der Waals surface area contributed by atoms with E-state index >= 15 is 0 Å². The van der Waals surface area contributed by atoms with Crippen LogP contribution in [0.15, 0.2) is 53.1 Å². The fourth-order valence-corrected chi connectivity index (χ4v) is 3.32. The number of hydrogen-bond acceptors (Lipinski definition) is 3. The maximum Gasteiger partial charge on any atom is 0.169 e. The van der Waals surface area contributed by atoms with Gasteiger partial charge >= 0.3 is 0 Å². The number of ketones is 1. The molecule has 1 atom stereocenters. The second-order valence-corrected chi connectivity index (χ2v) is 7.71. The number of ether oxygens (including phenoxy) is 2. The van der Waals surface area contributed by atoms with Gasteiger partial charge in [0, 0.05) is 10.9 Å². The van der Waals surface area contributed by atoms with Gasteiger partial charge in [-0.25, -0.2) is 0 Å². The number of rotatable bonds is 7. The maximum absolute atomic E-state index is 13.3. The SMILES string of the molecule is CCC.C\C=C(C(=O)C1COc2ccc(OC)cc2C1)/C(/C=C\CBr)=C(/C)CC. The van der Waals surface area contributed by atoms with Crippen molar-refractivity contribution >= 4 is 21.7 Å². The number of methoxy groups -OCH3 is 1. The lowest BCUT2D eigenvalue weighted by atomic mass is 9.85. The van der Waals surface area contributed by atoms with Crippen LogP contribution in [0.2, 0.25) is 0 Å². The summed E-state index contributed by atoms with van der Waals surface area (Å²) < 4.78 is 11.2. The minimum absolute atomic E-state index is 0.142. The average Bonchev–Trinajstić information content (AvgIpc) is 2.75. The number of carbonyl (C=O) groups excluding carboxylic acids is 1. The first-order valence-electron chi connectivity index (χ1n) is 10.4. The monoisotopic (exact) mass is 462 g/mol. The molecular formula is C25H35BrO3. The molecule has 0 bridgehead atoms. The Bertz CT molecular complexity index is 759. The highest BCUT2D eigenvalue weighted by Gasteiger charge is 2.29. The molecule has 0 spiro atoms. The van der Waals surface area contributed by atoms with Gasteiger partial charge in [-0.3, -0.25) is 4.79 Å². The number of hydrogen-bond donors (Lipinski definition) is 0. The van der Waals surface area contributed by atoms with Crippen LogP contribution in [0.25, 0.3) is 0 Å². The molecule has 0 aliphatic carbocycles. The van der Waals surface area contributed by atoms with Crippen LogP contribution in [0.3, 0.4) is 0 Å². The Labute approximate surface area is 185 Å². The fraction of sp³-hybridized carbons (Fsp3) is 0.480. The smallest absolute Gasteiger partial charge is 0.169 e. The molecule has 0 aromatic heterocycles. The quantitative estimate of drug-likeness (QED) is 0.252. The lowest BCUT2D eigenvalue weighted by Crippen LogP contribution is -2.29. The highest BCUT2D eigenvalue weighted by atomic mass is 79.9. The number of halogens is 1. The zero-order valence-corrected chi connectivity index (χ0v) is 20.3. The molecule has 1 aromatic rings. The van der Waals surface area contributed by atoms with Crippen LogP contribution < -0.4 is 9.47 Å². The largest absolute Gasteiger partial charge is 0.497 e.